The van der Waals surface area contributed by atoms with Crippen LogP contribution in [0.4, 0.5) is 0 Å². The topological polar surface area (TPSA) is 48.5 Å². The second kappa shape index (κ2) is 4.18. The lowest BCUT2D eigenvalue weighted by molar-refractivity contribution is -0.280. The van der Waals surface area contributed by atoms with Crippen molar-refractivity contribution in [2.24, 2.45) is 17.8 Å². The van der Waals surface area contributed by atoms with Gasteiger partial charge in [-0.05, 0) is 37.3 Å². The number of rotatable bonds is 0. The van der Waals surface area contributed by atoms with E-state index in [-0.39, 0.29) is 5.92 Å². The third-order valence-corrected chi connectivity index (χ3v) is 7.20. The average molecular weight is 310 g/mol. The molecule has 1 aromatic carbocycles. The molecule has 120 valence electrons. The van der Waals surface area contributed by atoms with Gasteiger partial charge < -0.3 is 14.8 Å². The summed E-state index contributed by atoms with van der Waals surface area (Å²) in [6.45, 7) is 3.08. The number of para-hydroxylation sites is 1. The summed E-state index contributed by atoms with van der Waals surface area (Å²) in [5.74, 6) is 1.47. The lowest BCUT2D eigenvalue weighted by atomic mass is 9.58. The van der Waals surface area contributed by atoms with Crippen LogP contribution in [0.3, 0.4) is 0 Å². The van der Waals surface area contributed by atoms with E-state index in [0.717, 1.165) is 19.4 Å². The van der Waals surface area contributed by atoms with Gasteiger partial charge >= 0.3 is 0 Å². The van der Waals surface area contributed by atoms with Gasteiger partial charge in [0.15, 0.2) is 6.29 Å². The number of H-pyrrole nitrogens is 1. The molecule has 4 heteroatoms. The summed E-state index contributed by atoms with van der Waals surface area (Å²) in [5.41, 5.74) is 4.18. The Balaban J connectivity index is 1.56. The monoisotopic (exact) mass is 310 g/mol. The molecule has 4 saturated heterocycles. The molecule has 5 aliphatic rings. The first-order valence-corrected chi connectivity index (χ1v) is 8.90. The Bertz CT molecular complexity index is 800. The van der Waals surface area contributed by atoms with Crippen LogP contribution in [0.15, 0.2) is 24.3 Å². The first-order chi connectivity index (χ1) is 11.2. The maximum absolute atomic E-state index is 10.5. The molecule has 0 aliphatic carbocycles. The summed E-state index contributed by atoms with van der Waals surface area (Å²) in [5, 5.41) is 11.9. The van der Waals surface area contributed by atoms with E-state index in [0.29, 0.717) is 30.0 Å². The number of benzene rings is 1. The number of aliphatic hydroxyl groups is 1. The summed E-state index contributed by atoms with van der Waals surface area (Å²) in [6.07, 6.45) is 1.62. The molecule has 2 N–H and O–H groups in total. The first-order valence-electron chi connectivity index (χ1n) is 8.90. The standard InChI is InChI=1S/C19H22N2O2/c1-9-13-8-23-19(22)17-11(13)6-16-18-12(7-15(17)21(9)16)10-4-2-3-5-14(10)20-18/h2-5,9,11,13,15-17,19-20,22H,6-8H2,1H3/t9-,11+,13+,15-,16-,17?,19?/m0/s1. The first kappa shape index (κ1) is 13.0. The summed E-state index contributed by atoms with van der Waals surface area (Å²) < 4.78 is 5.74. The third kappa shape index (κ3) is 1.44. The normalized spacial score (nSPS) is 46.9. The predicted octanol–water partition coefficient (Wildman–Crippen LogP) is 2.44. The Morgan fingerprint density at radius 2 is 2.13 bits per heavy atom. The average Bonchev–Trinajstić information content (AvgIpc) is 2.93. The molecular weight excluding hydrogens is 288 g/mol. The number of aromatic amines is 1. The van der Waals surface area contributed by atoms with Gasteiger partial charge in [-0.1, -0.05) is 18.2 Å². The van der Waals surface area contributed by atoms with Crippen LogP contribution >= 0.6 is 0 Å². The van der Waals surface area contributed by atoms with Crippen LogP contribution in [0.25, 0.3) is 10.9 Å². The van der Waals surface area contributed by atoms with Gasteiger partial charge in [0.2, 0.25) is 0 Å². The van der Waals surface area contributed by atoms with Gasteiger partial charge in [0.25, 0.3) is 0 Å². The Morgan fingerprint density at radius 3 is 3.04 bits per heavy atom. The lowest BCUT2D eigenvalue weighted by Gasteiger charge is -2.65. The minimum atomic E-state index is -0.580. The Hall–Kier alpha value is -1.36. The van der Waals surface area contributed by atoms with Crippen molar-refractivity contribution in [3.05, 3.63) is 35.5 Å². The molecule has 0 spiro atoms. The van der Waals surface area contributed by atoms with Crippen molar-refractivity contribution >= 4 is 10.9 Å². The molecule has 0 amide bonds. The van der Waals surface area contributed by atoms with Gasteiger partial charge in [0.1, 0.15) is 0 Å². The Labute approximate surface area is 135 Å². The number of fused-ring (bicyclic) bond motifs is 3. The molecule has 4 fully saturated rings. The molecule has 2 aromatic rings. The molecule has 3 unspecified atom stereocenters. The Kier molecular flexibility index (Phi) is 2.36. The number of aliphatic hydroxyl groups excluding tert-OH is 1. The summed E-state index contributed by atoms with van der Waals surface area (Å²) in [4.78, 5) is 6.43. The van der Waals surface area contributed by atoms with Crippen molar-refractivity contribution in [3.63, 3.8) is 0 Å². The van der Waals surface area contributed by atoms with E-state index in [4.69, 9.17) is 4.74 Å². The van der Waals surface area contributed by atoms with E-state index in [1.165, 1.54) is 22.2 Å². The van der Waals surface area contributed by atoms with Gasteiger partial charge in [-0.2, -0.15) is 0 Å². The van der Waals surface area contributed by atoms with E-state index in [1.807, 2.05) is 0 Å². The zero-order valence-corrected chi connectivity index (χ0v) is 13.3. The van der Waals surface area contributed by atoms with E-state index in [9.17, 15) is 5.11 Å². The van der Waals surface area contributed by atoms with Crippen LogP contribution in [-0.4, -0.2) is 40.0 Å². The number of nitrogens with zero attached hydrogens (tertiary/aromatic N) is 1. The molecule has 6 heterocycles. The minimum absolute atomic E-state index is 0.281. The maximum atomic E-state index is 10.5. The van der Waals surface area contributed by atoms with E-state index in [2.05, 4.69) is 41.1 Å². The van der Waals surface area contributed by atoms with E-state index < -0.39 is 6.29 Å². The predicted molar refractivity (Wildman–Crippen MR) is 86.9 cm³/mol. The zero-order chi connectivity index (χ0) is 15.3. The molecule has 8 atom stereocenters. The van der Waals surface area contributed by atoms with Crippen LogP contribution < -0.4 is 0 Å². The maximum Gasteiger partial charge on any atom is 0.159 e. The molecule has 4 nitrogen and oxygen atoms in total. The van der Waals surface area contributed by atoms with Gasteiger partial charge in [-0.15, -0.1) is 0 Å². The second-order valence-electron chi connectivity index (χ2n) is 7.90. The molecule has 5 aliphatic heterocycles. The van der Waals surface area contributed by atoms with Gasteiger partial charge in [0, 0.05) is 40.5 Å². The number of hydrogen-bond donors (Lipinski definition) is 2. The number of nitrogens with one attached hydrogen (secondary N) is 1. The summed E-state index contributed by atoms with van der Waals surface area (Å²) >= 11 is 0. The van der Waals surface area contributed by atoms with Crippen LogP contribution in [0.2, 0.25) is 0 Å². The molecule has 0 saturated carbocycles. The van der Waals surface area contributed by atoms with Crippen LogP contribution in [0, 0.1) is 17.8 Å². The van der Waals surface area contributed by atoms with Crippen molar-refractivity contribution in [1.29, 1.82) is 0 Å². The smallest absolute Gasteiger partial charge is 0.159 e. The molecule has 1 aromatic heterocycles. The quantitative estimate of drug-likeness (QED) is 0.786. The summed E-state index contributed by atoms with van der Waals surface area (Å²) in [7, 11) is 0. The van der Waals surface area contributed by atoms with Gasteiger partial charge in [-0.25, -0.2) is 0 Å². The summed E-state index contributed by atoms with van der Waals surface area (Å²) in [6, 6.07) is 10.1. The fraction of sp³-hybridized carbons (Fsp3) is 0.579. The highest BCUT2D eigenvalue weighted by Crippen LogP contribution is 2.58. The van der Waals surface area contributed by atoms with E-state index in [1.54, 1.807) is 0 Å². The molecular formula is C19H22N2O2. The van der Waals surface area contributed by atoms with E-state index >= 15 is 0 Å². The van der Waals surface area contributed by atoms with Crippen molar-refractivity contribution in [2.75, 3.05) is 6.61 Å². The van der Waals surface area contributed by atoms with Crippen LogP contribution in [0.5, 0.6) is 0 Å². The molecule has 0 radical (unpaired) electrons. The highest BCUT2D eigenvalue weighted by atomic mass is 16.6. The van der Waals surface area contributed by atoms with Crippen molar-refractivity contribution in [2.45, 2.75) is 44.2 Å². The Morgan fingerprint density at radius 1 is 1.26 bits per heavy atom. The third-order valence-electron chi connectivity index (χ3n) is 7.20. The fourth-order valence-electron chi connectivity index (χ4n) is 6.30. The molecule has 7 rings (SSSR count). The fourth-order valence-corrected chi connectivity index (χ4v) is 6.30. The second-order valence-corrected chi connectivity index (χ2v) is 7.90. The number of piperidine rings is 3. The number of ether oxygens (including phenoxy) is 1. The number of hydrogen-bond acceptors (Lipinski definition) is 3. The lowest BCUT2D eigenvalue weighted by Crippen LogP contribution is -2.71. The number of aromatic nitrogens is 1. The molecule has 23 heavy (non-hydrogen) atoms. The SMILES string of the molecule is C[C@H]1[C@H]2COC(O)C3[C@@H]2C[C@H]2c4[nH]c5ccccc5c4C[C@@H]3N21. The van der Waals surface area contributed by atoms with Crippen molar-refractivity contribution < 1.29 is 9.84 Å². The van der Waals surface area contributed by atoms with Crippen LogP contribution in [-0.2, 0) is 11.2 Å². The zero-order valence-electron chi connectivity index (χ0n) is 13.3. The van der Waals surface area contributed by atoms with Crippen molar-refractivity contribution in [1.82, 2.24) is 9.88 Å². The van der Waals surface area contributed by atoms with Crippen molar-refractivity contribution in [3.8, 4) is 0 Å². The molecule has 6 bridgehead atoms. The van der Waals surface area contributed by atoms with Gasteiger partial charge in [0.05, 0.1) is 12.6 Å². The highest BCUT2D eigenvalue weighted by Gasteiger charge is 2.61. The van der Waals surface area contributed by atoms with Crippen LogP contribution in [0.1, 0.15) is 30.6 Å². The largest absolute Gasteiger partial charge is 0.368 e. The minimum Gasteiger partial charge on any atom is -0.368 e. The highest BCUT2D eigenvalue weighted by molar-refractivity contribution is 5.85. The van der Waals surface area contributed by atoms with Gasteiger partial charge in [-0.3, -0.25) is 4.90 Å².